The third-order valence-corrected chi connectivity index (χ3v) is 6.92. The van der Waals surface area contributed by atoms with E-state index in [1.807, 2.05) is 0 Å². The molecular weight excluding hydrogens is 467 g/mol. The molecule has 2 N–H and O–H groups in total. The van der Waals surface area contributed by atoms with Gasteiger partial charge in [0.25, 0.3) is 5.56 Å². The number of pyridine rings is 1. The van der Waals surface area contributed by atoms with Crippen LogP contribution in [0.4, 0.5) is 25.2 Å². The highest BCUT2D eigenvalue weighted by atomic mass is 32.5. The van der Waals surface area contributed by atoms with Gasteiger partial charge in [0.15, 0.2) is 0 Å². The molecule has 33 heavy (non-hydrogen) atoms. The van der Waals surface area contributed by atoms with Crippen LogP contribution in [-0.2, 0) is 0 Å². The molecule has 1 aromatic carbocycles. The summed E-state index contributed by atoms with van der Waals surface area (Å²) in [6, 6.07) is 3.35. The topological polar surface area (TPSA) is 80.0 Å². The minimum Gasteiger partial charge on any atom is -0.390 e. The normalized spacial score (nSPS) is 24.0. The van der Waals surface area contributed by atoms with E-state index in [0.29, 0.717) is 41.7 Å². The Bertz CT molecular complexity index is 1320. The molecule has 0 bridgehead atoms. The molecule has 12 heteroatoms. The second kappa shape index (κ2) is 6.66. The average molecular weight is 490 g/mol. The van der Waals surface area contributed by atoms with Crippen LogP contribution in [0.5, 0.6) is 0 Å². The molecule has 2 heterocycles. The second-order valence-corrected chi connectivity index (χ2v) is 11.3. The standard InChI is InChI=1S/C21H23F5N4O2S/c1-12(14-5-4-6-16(7-14)33(22,23,24,25)26)27-20-17-11-30(15-9-21(3,32)10-15)19(31)8-18(17)28-13(2)29-20/h4-8,11-12,15,32H,9-10H2,1-3H3,(H,27,28,29). The van der Waals surface area contributed by atoms with Crippen LogP contribution in [0.3, 0.4) is 0 Å². The molecule has 1 aliphatic carbocycles. The molecule has 4 rings (SSSR count). The third kappa shape index (κ3) is 4.81. The fraction of sp³-hybridized carbons (Fsp3) is 0.381. The van der Waals surface area contributed by atoms with Crippen molar-refractivity contribution in [3.8, 4) is 0 Å². The van der Waals surface area contributed by atoms with Crippen LogP contribution in [0.15, 0.2) is 46.2 Å². The number of nitrogens with one attached hydrogen (secondary N) is 1. The van der Waals surface area contributed by atoms with Crippen LogP contribution in [0.25, 0.3) is 10.9 Å². The van der Waals surface area contributed by atoms with Crippen LogP contribution in [-0.4, -0.2) is 25.2 Å². The summed E-state index contributed by atoms with van der Waals surface area (Å²) in [6.45, 7) is 4.79. The molecule has 0 amide bonds. The van der Waals surface area contributed by atoms with Gasteiger partial charge in [-0.2, -0.15) is 0 Å². The van der Waals surface area contributed by atoms with Gasteiger partial charge in [-0.25, -0.2) is 9.97 Å². The first-order chi connectivity index (χ1) is 14.9. The van der Waals surface area contributed by atoms with E-state index in [0.717, 1.165) is 6.07 Å². The van der Waals surface area contributed by atoms with Crippen molar-refractivity contribution in [1.82, 2.24) is 14.5 Å². The Morgan fingerprint density at radius 1 is 1.18 bits per heavy atom. The van der Waals surface area contributed by atoms with Crippen molar-refractivity contribution in [3.05, 3.63) is 58.3 Å². The Labute approximate surface area is 186 Å². The van der Waals surface area contributed by atoms with Crippen molar-refractivity contribution in [1.29, 1.82) is 0 Å². The monoisotopic (exact) mass is 490 g/mol. The van der Waals surface area contributed by atoms with Crippen LogP contribution in [0, 0.1) is 6.92 Å². The molecule has 3 aromatic rings. The molecule has 6 nitrogen and oxygen atoms in total. The maximum Gasteiger partial charge on any atom is 0.310 e. The quantitative estimate of drug-likeness (QED) is 0.428. The minimum atomic E-state index is -9.82. The number of hydrogen-bond acceptors (Lipinski definition) is 5. The summed E-state index contributed by atoms with van der Waals surface area (Å²) >= 11 is 0. The molecule has 1 aliphatic rings. The van der Waals surface area contributed by atoms with Crippen LogP contribution in [0.2, 0.25) is 0 Å². The first-order valence-electron chi connectivity index (χ1n) is 10.2. The van der Waals surface area contributed by atoms with E-state index in [1.165, 1.54) is 23.6 Å². The van der Waals surface area contributed by atoms with Crippen LogP contribution < -0.4 is 10.9 Å². The van der Waals surface area contributed by atoms with E-state index in [1.54, 1.807) is 20.0 Å². The Balaban J connectivity index is 1.72. The van der Waals surface area contributed by atoms with Crippen molar-refractivity contribution in [3.63, 3.8) is 0 Å². The van der Waals surface area contributed by atoms with E-state index in [-0.39, 0.29) is 23.0 Å². The zero-order valence-electron chi connectivity index (χ0n) is 18.0. The summed E-state index contributed by atoms with van der Waals surface area (Å²) in [6.07, 6.45) is 2.34. The number of aromatic nitrogens is 3. The Morgan fingerprint density at radius 3 is 2.45 bits per heavy atom. The molecule has 2 aromatic heterocycles. The molecule has 1 unspecified atom stereocenters. The maximum absolute atomic E-state index is 13.2. The van der Waals surface area contributed by atoms with Gasteiger partial charge in [-0.3, -0.25) is 4.79 Å². The van der Waals surface area contributed by atoms with Crippen molar-refractivity contribution in [2.45, 2.75) is 56.2 Å². The Morgan fingerprint density at radius 2 is 1.85 bits per heavy atom. The van der Waals surface area contributed by atoms with Gasteiger partial charge in [0.2, 0.25) is 0 Å². The van der Waals surface area contributed by atoms with Gasteiger partial charge in [-0.15, -0.1) is 0 Å². The van der Waals surface area contributed by atoms with Gasteiger partial charge < -0.3 is 15.0 Å². The number of aryl methyl sites for hydroxylation is 1. The van der Waals surface area contributed by atoms with Gasteiger partial charge in [-0.05, 0) is 51.3 Å². The highest BCUT2D eigenvalue weighted by Crippen LogP contribution is 3.02. The van der Waals surface area contributed by atoms with E-state index in [9.17, 15) is 29.3 Å². The average Bonchev–Trinajstić information content (AvgIpc) is 2.64. The van der Waals surface area contributed by atoms with Gasteiger partial charge in [-0.1, -0.05) is 31.6 Å². The Hall–Kier alpha value is -2.73. The molecule has 180 valence electrons. The fourth-order valence-electron chi connectivity index (χ4n) is 4.09. The van der Waals surface area contributed by atoms with Crippen LogP contribution >= 0.6 is 10.2 Å². The smallest absolute Gasteiger partial charge is 0.310 e. The number of fused-ring (bicyclic) bond motifs is 1. The zero-order valence-corrected chi connectivity index (χ0v) is 18.8. The molecular formula is C21H23F5N4O2S. The fourth-order valence-corrected chi connectivity index (χ4v) is 4.79. The number of rotatable bonds is 5. The lowest BCUT2D eigenvalue weighted by Gasteiger charge is -2.41. The summed E-state index contributed by atoms with van der Waals surface area (Å²) in [5.74, 6) is 0.573. The van der Waals surface area contributed by atoms with Crippen molar-refractivity contribution >= 4 is 26.9 Å². The molecule has 0 radical (unpaired) electrons. The highest BCUT2D eigenvalue weighted by molar-refractivity contribution is 8.45. The first-order valence-corrected chi connectivity index (χ1v) is 12.1. The lowest BCUT2D eigenvalue weighted by Crippen LogP contribution is -2.44. The minimum absolute atomic E-state index is 0.00599. The molecule has 0 saturated heterocycles. The second-order valence-electron chi connectivity index (χ2n) is 8.90. The summed E-state index contributed by atoms with van der Waals surface area (Å²) < 4.78 is 67.7. The molecule has 0 spiro atoms. The SMILES string of the molecule is Cc1nc(NC(C)c2cccc(S(F)(F)(F)(F)F)c2)c2cn(C3CC(C)(O)C3)c(=O)cc2n1. The van der Waals surface area contributed by atoms with Gasteiger partial charge in [0, 0.05) is 18.3 Å². The van der Waals surface area contributed by atoms with Crippen molar-refractivity contribution in [2.75, 3.05) is 5.32 Å². The molecule has 0 aliphatic heterocycles. The number of aliphatic hydroxyl groups is 1. The number of nitrogens with zero attached hydrogens (tertiary/aromatic N) is 3. The predicted molar refractivity (Wildman–Crippen MR) is 117 cm³/mol. The zero-order chi connectivity index (χ0) is 24.5. The maximum atomic E-state index is 13.2. The number of benzene rings is 1. The molecule has 1 fully saturated rings. The number of hydrogen-bond donors (Lipinski definition) is 2. The number of anilines is 1. The van der Waals surface area contributed by atoms with E-state index in [4.69, 9.17) is 0 Å². The Kier molecular flexibility index (Phi) is 4.73. The molecule has 1 saturated carbocycles. The predicted octanol–water partition coefficient (Wildman–Crippen LogP) is 6.02. The van der Waals surface area contributed by atoms with E-state index >= 15 is 0 Å². The van der Waals surface area contributed by atoms with Crippen molar-refractivity contribution in [2.24, 2.45) is 0 Å². The molecule has 1 atom stereocenters. The lowest BCUT2D eigenvalue weighted by atomic mass is 9.77. The van der Waals surface area contributed by atoms with Gasteiger partial charge >= 0.3 is 10.2 Å². The third-order valence-electron chi connectivity index (χ3n) is 5.77. The first kappa shape index (κ1) is 23.4. The summed E-state index contributed by atoms with van der Waals surface area (Å²) in [5.41, 5.74) is -0.825. The highest BCUT2D eigenvalue weighted by Gasteiger charge is 2.65. The van der Waals surface area contributed by atoms with Gasteiger partial charge in [0.1, 0.15) is 16.5 Å². The van der Waals surface area contributed by atoms with Crippen molar-refractivity contribution < 1.29 is 24.5 Å². The lowest BCUT2D eigenvalue weighted by molar-refractivity contribution is -0.0517. The number of halogens is 5. The summed E-state index contributed by atoms with van der Waals surface area (Å²) in [4.78, 5) is 19.2. The summed E-state index contributed by atoms with van der Waals surface area (Å²) in [5, 5.41) is 13.4. The van der Waals surface area contributed by atoms with E-state index in [2.05, 4.69) is 15.3 Å². The van der Waals surface area contributed by atoms with E-state index < -0.39 is 26.8 Å². The van der Waals surface area contributed by atoms with Crippen LogP contribution in [0.1, 0.15) is 50.2 Å². The largest absolute Gasteiger partial charge is 0.390 e. The van der Waals surface area contributed by atoms with Gasteiger partial charge in [0.05, 0.1) is 22.5 Å². The summed E-state index contributed by atoms with van der Waals surface area (Å²) in [7, 11) is -9.82.